The van der Waals surface area contributed by atoms with Gasteiger partial charge in [-0.25, -0.2) is 0 Å². The van der Waals surface area contributed by atoms with Crippen molar-refractivity contribution in [2.45, 2.75) is 27.2 Å². The Kier molecular flexibility index (Phi) is 50.5. The maximum Gasteiger partial charge on any atom is 0.0353 e. The normalized spacial score (nSPS) is 6.60. The number of hydrogen-bond acceptors (Lipinski definition) is 1. The van der Waals surface area contributed by atoms with Crippen molar-refractivity contribution in [3.63, 3.8) is 0 Å². The fourth-order valence-electron chi connectivity index (χ4n) is 0.405. The number of hydrogen-bond donors (Lipinski definition) is 0. The van der Waals surface area contributed by atoms with Gasteiger partial charge in [0.05, 0.1) is 0 Å². The summed E-state index contributed by atoms with van der Waals surface area (Å²) in [5, 5.41) is 0. The third-order valence-corrected chi connectivity index (χ3v) is 0.815. The Labute approximate surface area is 89.9 Å². The third kappa shape index (κ3) is 23.0. The van der Waals surface area contributed by atoms with Crippen molar-refractivity contribution in [2.24, 2.45) is 0 Å². The number of methoxy groups -OCH3 is 1. The third-order valence-electron chi connectivity index (χ3n) is 0.815. The van der Waals surface area contributed by atoms with Crippen molar-refractivity contribution in [3.8, 4) is 0 Å². The predicted molar refractivity (Wildman–Crippen MR) is 41.4 cm³/mol. The molecule has 2 N–H and O–H groups in total. The second kappa shape index (κ2) is 22.5. The molecule has 0 saturated heterocycles. The quantitative estimate of drug-likeness (QED) is 0.526. The van der Waals surface area contributed by atoms with E-state index in [4.69, 9.17) is 4.74 Å². The molecule has 0 amide bonds. The molecule has 0 rings (SSSR count). The molecule has 0 atom stereocenters. The van der Waals surface area contributed by atoms with Crippen LogP contribution in [-0.2, 0) is 37.4 Å². The molecular formula is C7H19O2Y-. The Bertz CT molecular complexity index is 30.8. The molecule has 2 nitrogen and oxygen atoms in total. The summed E-state index contributed by atoms with van der Waals surface area (Å²) in [6.45, 7) is 3.00. The Morgan fingerprint density at radius 3 is 2.20 bits per heavy atom. The molecule has 0 fully saturated rings. The maximum atomic E-state index is 4.81. The van der Waals surface area contributed by atoms with Crippen molar-refractivity contribution in [2.75, 3.05) is 13.7 Å². The summed E-state index contributed by atoms with van der Waals surface area (Å²) in [6.07, 6.45) is 4.46. The van der Waals surface area contributed by atoms with Crippen LogP contribution in [0.2, 0.25) is 0 Å². The zero-order chi connectivity index (χ0) is 5.54. The fourth-order valence-corrected chi connectivity index (χ4v) is 0.405. The molecule has 0 saturated carbocycles. The monoisotopic (exact) mass is 224 g/mol. The average Bonchev–Trinajstić information content (AvgIpc) is 1.69. The minimum absolute atomic E-state index is 0. The van der Waals surface area contributed by atoms with E-state index in [1.807, 2.05) is 0 Å². The molecule has 0 bridgehead atoms. The minimum atomic E-state index is 0. The predicted octanol–water partition coefficient (Wildman–Crippen LogP) is 1.45. The van der Waals surface area contributed by atoms with Gasteiger partial charge < -0.3 is 16.6 Å². The molecule has 0 aromatic rings. The van der Waals surface area contributed by atoms with Crippen molar-refractivity contribution in [3.05, 3.63) is 6.42 Å². The van der Waals surface area contributed by atoms with Crippen molar-refractivity contribution in [1.82, 2.24) is 0 Å². The van der Waals surface area contributed by atoms with Crippen LogP contribution in [0, 0.1) is 6.42 Å². The molecule has 3 heteroatoms. The van der Waals surface area contributed by atoms with Crippen molar-refractivity contribution >= 4 is 0 Å². The van der Waals surface area contributed by atoms with Gasteiger partial charge in [-0.2, -0.15) is 12.8 Å². The second-order valence-corrected chi connectivity index (χ2v) is 1.48. The van der Waals surface area contributed by atoms with E-state index in [1.165, 1.54) is 0 Å². The van der Waals surface area contributed by atoms with Crippen LogP contribution in [0.5, 0.6) is 0 Å². The molecule has 0 spiro atoms. The van der Waals surface area contributed by atoms with Gasteiger partial charge in [-0.15, -0.1) is 0 Å². The second-order valence-electron chi connectivity index (χ2n) is 1.48. The molecule has 0 aromatic carbocycles. The van der Waals surface area contributed by atoms with Gasteiger partial charge in [0.15, 0.2) is 0 Å². The molecular weight excluding hydrogens is 205 g/mol. The first kappa shape index (κ1) is 22.5. The minimum Gasteiger partial charge on any atom is -0.412 e. The van der Waals surface area contributed by atoms with Crippen LogP contribution in [0.15, 0.2) is 0 Å². The Morgan fingerprint density at radius 1 is 1.40 bits per heavy atom. The molecule has 63 valence electrons. The van der Waals surface area contributed by atoms with Crippen LogP contribution in [0.4, 0.5) is 0 Å². The van der Waals surface area contributed by atoms with Gasteiger partial charge in [0.2, 0.25) is 0 Å². The van der Waals surface area contributed by atoms with E-state index < -0.39 is 0 Å². The molecule has 0 aliphatic rings. The molecule has 10 heavy (non-hydrogen) atoms. The smallest absolute Gasteiger partial charge is 0.0353 e. The van der Waals surface area contributed by atoms with Crippen LogP contribution in [0.3, 0.4) is 0 Å². The van der Waals surface area contributed by atoms with E-state index in [0.29, 0.717) is 0 Å². The molecule has 0 heterocycles. The molecule has 0 unspecified atom stereocenters. The molecule has 0 aliphatic heterocycles. The van der Waals surface area contributed by atoms with Gasteiger partial charge in [0.1, 0.15) is 0 Å². The van der Waals surface area contributed by atoms with Gasteiger partial charge in [-0.3, -0.25) is 0 Å². The van der Waals surface area contributed by atoms with Crippen LogP contribution in [0.25, 0.3) is 0 Å². The maximum absolute atomic E-state index is 4.81. The van der Waals surface area contributed by atoms with Gasteiger partial charge in [0.25, 0.3) is 0 Å². The zero-order valence-electron chi connectivity index (χ0n) is 6.18. The number of unbranched alkanes of at least 4 members (excludes halogenated alkanes) is 2. The SMILES string of the molecule is C.CC[CH-]CCOC.O.[Y]. The van der Waals surface area contributed by atoms with E-state index in [2.05, 4.69) is 13.3 Å². The summed E-state index contributed by atoms with van der Waals surface area (Å²) in [5.41, 5.74) is 0. The Hall–Kier alpha value is 1.02. The number of ether oxygens (including phenoxy) is 1. The first-order chi connectivity index (χ1) is 3.41. The summed E-state index contributed by atoms with van der Waals surface area (Å²) in [4.78, 5) is 0. The van der Waals surface area contributed by atoms with E-state index in [-0.39, 0.29) is 45.6 Å². The van der Waals surface area contributed by atoms with Gasteiger partial charge in [-0.05, 0) is 0 Å². The van der Waals surface area contributed by atoms with Crippen LogP contribution in [0.1, 0.15) is 27.2 Å². The molecule has 1 radical (unpaired) electrons. The fraction of sp³-hybridized carbons (Fsp3) is 0.857. The van der Waals surface area contributed by atoms with E-state index >= 15 is 0 Å². The largest absolute Gasteiger partial charge is 0.412 e. The standard InChI is InChI=1S/C6H13O.CH4.H2O.Y/c1-3-4-5-6-7-2;;;/h4H,3,5-6H2,1-2H3;1H4;1H2;/q-1;;;. The Balaban J connectivity index is -0.0000000600. The molecule has 0 aliphatic carbocycles. The summed E-state index contributed by atoms with van der Waals surface area (Å²) >= 11 is 0. The van der Waals surface area contributed by atoms with E-state index in [9.17, 15) is 0 Å². The van der Waals surface area contributed by atoms with Gasteiger partial charge >= 0.3 is 0 Å². The average molecular weight is 224 g/mol. The first-order valence-corrected chi connectivity index (χ1v) is 2.72. The topological polar surface area (TPSA) is 40.7 Å². The molecule has 0 aromatic heterocycles. The summed E-state index contributed by atoms with van der Waals surface area (Å²) < 4.78 is 4.81. The van der Waals surface area contributed by atoms with Gasteiger partial charge in [-0.1, -0.05) is 14.4 Å². The van der Waals surface area contributed by atoms with E-state index in [1.54, 1.807) is 7.11 Å². The van der Waals surface area contributed by atoms with Crippen LogP contribution < -0.4 is 0 Å². The van der Waals surface area contributed by atoms with Crippen molar-refractivity contribution in [1.29, 1.82) is 0 Å². The van der Waals surface area contributed by atoms with Crippen molar-refractivity contribution < 1.29 is 42.9 Å². The van der Waals surface area contributed by atoms with Crippen LogP contribution >= 0.6 is 0 Å². The first-order valence-electron chi connectivity index (χ1n) is 2.72. The van der Waals surface area contributed by atoms with E-state index in [0.717, 1.165) is 19.4 Å². The van der Waals surface area contributed by atoms with Crippen LogP contribution in [-0.4, -0.2) is 19.2 Å². The van der Waals surface area contributed by atoms with Gasteiger partial charge in [0, 0.05) is 46.4 Å². The summed E-state index contributed by atoms with van der Waals surface area (Å²) in [7, 11) is 1.73. The number of rotatable bonds is 4. The Morgan fingerprint density at radius 2 is 1.90 bits per heavy atom. The summed E-state index contributed by atoms with van der Waals surface area (Å²) in [6, 6.07) is 0. The zero-order valence-corrected chi connectivity index (χ0v) is 9.02. The summed E-state index contributed by atoms with van der Waals surface area (Å²) in [5.74, 6) is 0.